The standard InChI is InChI=1S/C43H33N3O2/c47-41-28-38-31(21-26-37-36-13-7-8-14-40(36)45-42(37)38)27-39(41)43(48)44-32-22-17-29(18-23-32)15-16-30-19-24-35(25-20-30)46(33-9-3-1-4-10-33)34-11-5-2-6-12-34/h1-14,17-28,45,47H,15-16H2,(H,44,48). The fourth-order valence-electron chi connectivity index (χ4n) is 6.52. The van der Waals surface area contributed by atoms with Crippen LogP contribution in [0.25, 0.3) is 32.6 Å². The molecule has 3 N–H and O–H groups in total. The summed E-state index contributed by atoms with van der Waals surface area (Å²) in [5.74, 6) is -0.400. The van der Waals surface area contributed by atoms with Crippen LogP contribution in [0.4, 0.5) is 22.7 Å². The van der Waals surface area contributed by atoms with Gasteiger partial charge in [0.1, 0.15) is 5.75 Å². The van der Waals surface area contributed by atoms with E-state index in [4.69, 9.17) is 0 Å². The second-order valence-corrected chi connectivity index (χ2v) is 12.1. The highest BCUT2D eigenvalue weighted by Gasteiger charge is 2.16. The molecule has 0 aliphatic heterocycles. The lowest BCUT2D eigenvalue weighted by Crippen LogP contribution is -2.12. The van der Waals surface area contributed by atoms with Crippen LogP contribution in [0.3, 0.4) is 0 Å². The first-order chi connectivity index (χ1) is 23.6. The number of para-hydroxylation sites is 3. The van der Waals surface area contributed by atoms with E-state index in [0.29, 0.717) is 5.69 Å². The molecule has 0 radical (unpaired) electrons. The lowest BCUT2D eigenvalue weighted by atomic mass is 10.0. The van der Waals surface area contributed by atoms with Gasteiger partial charge < -0.3 is 20.3 Å². The summed E-state index contributed by atoms with van der Waals surface area (Å²) in [6.07, 6.45) is 1.78. The number of aromatic amines is 1. The Morgan fingerprint density at radius 1 is 0.583 bits per heavy atom. The van der Waals surface area contributed by atoms with Crippen molar-refractivity contribution in [2.45, 2.75) is 12.8 Å². The van der Waals surface area contributed by atoms with E-state index in [1.54, 1.807) is 12.1 Å². The molecule has 48 heavy (non-hydrogen) atoms. The number of nitrogens with zero attached hydrogens (tertiary/aromatic N) is 1. The number of phenolic OH excluding ortho intramolecular Hbond substituents is 1. The van der Waals surface area contributed by atoms with Crippen LogP contribution in [0.15, 0.2) is 158 Å². The van der Waals surface area contributed by atoms with Crippen LogP contribution >= 0.6 is 0 Å². The van der Waals surface area contributed by atoms with Gasteiger partial charge in [0.25, 0.3) is 5.91 Å². The lowest BCUT2D eigenvalue weighted by molar-refractivity contribution is 0.102. The molecule has 5 nitrogen and oxygen atoms in total. The van der Waals surface area contributed by atoms with E-state index < -0.39 is 0 Å². The molecule has 0 spiro atoms. The zero-order chi connectivity index (χ0) is 32.5. The zero-order valence-electron chi connectivity index (χ0n) is 26.2. The predicted molar refractivity (Wildman–Crippen MR) is 198 cm³/mol. The number of amides is 1. The van der Waals surface area contributed by atoms with Crippen LogP contribution in [-0.2, 0) is 12.8 Å². The van der Waals surface area contributed by atoms with Gasteiger partial charge in [0.05, 0.1) is 11.1 Å². The summed E-state index contributed by atoms with van der Waals surface area (Å²) in [5, 5.41) is 17.8. The minimum Gasteiger partial charge on any atom is -0.507 e. The number of rotatable bonds is 8. The summed E-state index contributed by atoms with van der Waals surface area (Å²) < 4.78 is 0. The van der Waals surface area contributed by atoms with Gasteiger partial charge in [-0.25, -0.2) is 0 Å². The molecule has 1 aromatic heterocycles. The van der Waals surface area contributed by atoms with E-state index in [1.165, 1.54) is 11.1 Å². The molecule has 7 aromatic carbocycles. The topological polar surface area (TPSA) is 68.4 Å². The smallest absolute Gasteiger partial charge is 0.259 e. The highest BCUT2D eigenvalue weighted by atomic mass is 16.3. The minimum atomic E-state index is -0.348. The molecule has 1 amide bonds. The lowest BCUT2D eigenvalue weighted by Gasteiger charge is -2.25. The van der Waals surface area contributed by atoms with Gasteiger partial charge in [-0.15, -0.1) is 0 Å². The van der Waals surface area contributed by atoms with Gasteiger partial charge in [-0.2, -0.15) is 0 Å². The largest absolute Gasteiger partial charge is 0.507 e. The average Bonchev–Trinajstić information content (AvgIpc) is 3.52. The number of benzene rings is 7. The first kappa shape index (κ1) is 29.1. The molecule has 0 saturated heterocycles. The Bertz CT molecular complexity index is 2340. The summed E-state index contributed by atoms with van der Waals surface area (Å²) in [6.45, 7) is 0. The van der Waals surface area contributed by atoms with E-state index in [9.17, 15) is 9.90 Å². The van der Waals surface area contributed by atoms with Crippen molar-refractivity contribution in [3.8, 4) is 5.75 Å². The molecule has 8 aromatic rings. The SMILES string of the molecule is O=C(Nc1ccc(CCc2ccc(N(c3ccccc3)c3ccccc3)cc2)cc1)c1cc2ccc3c4ccccc4[nH]c3c2cc1O. The van der Waals surface area contributed by atoms with Crippen molar-refractivity contribution in [1.82, 2.24) is 4.98 Å². The van der Waals surface area contributed by atoms with Crippen LogP contribution in [0.2, 0.25) is 0 Å². The molecule has 0 unspecified atom stereocenters. The van der Waals surface area contributed by atoms with Crippen molar-refractivity contribution >= 4 is 61.2 Å². The number of aromatic nitrogens is 1. The van der Waals surface area contributed by atoms with Crippen molar-refractivity contribution in [1.29, 1.82) is 0 Å². The second-order valence-electron chi connectivity index (χ2n) is 12.1. The normalized spacial score (nSPS) is 11.2. The Morgan fingerprint density at radius 2 is 1.17 bits per heavy atom. The Morgan fingerprint density at radius 3 is 1.83 bits per heavy atom. The van der Waals surface area contributed by atoms with Gasteiger partial charge >= 0.3 is 0 Å². The van der Waals surface area contributed by atoms with Crippen molar-refractivity contribution in [2.24, 2.45) is 0 Å². The maximum atomic E-state index is 13.3. The molecule has 0 saturated carbocycles. The molecule has 5 heteroatoms. The number of carbonyl (C=O) groups excluding carboxylic acids is 1. The monoisotopic (exact) mass is 623 g/mol. The predicted octanol–water partition coefficient (Wildman–Crippen LogP) is 10.7. The number of phenols is 1. The number of hydrogen-bond donors (Lipinski definition) is 3. The van der Waals surface area contributed by atoms with Crippen LogP contribution in [-0.4, -0.2) is 16.0 Å². The van der Waals surface area contributed by atoms with Gasteiger partial charge in [-0.1, -0.05) is 91.0 Å². The number of H-pyrrole nitrogens is 1. The number of anilines is 4. The first-order valence-corrected chi connectivity index (χ1v) is 16.2. The molecule has 232 valence electrons. The van der Waals surface area contributed by atoms with Gasteiger partial charge in [-0.3, -0.25) is 4.79 Å². The highest BCUT2D eigenvalue weighted by molar-refractivity contribution is 6.18. The molecule has 1 heterocycles. The van der Waals surface area contributed by atoms with Gasteiger partial charge in [0.15, 0.2) is 0 Å². The quantitative estimate of drug-likeness (QED) is 0.158. The molecule has 0 fully saturated rings. The fraction of sp³-hybridized carbons (Fsp3) is 0.0465. The summed E-state index contributed by atoms with van der Waals surface area (Å²) >= 11 is 0. The number of aromatic hydroxyl groups is 1. The molecule has 0 atom stereocenters. The van der Waals surface area contributed by atoms with Gasteiger partial charge in [-0.05, 0) is 96.1 Å². The van der Waals surface area contributed by atoms with Crippen molar-refractivity contribution < 1.29 is 9.90 Å². The molecule has 0 bridgehead atoms. The number of nitrogens with one attached hydrogen (secondary N) is 2. The van der Waals surface area contributed by atoms with Gasteiger partial charge in [0, 0.05) is 44.4 Å². The Hall–Kier alpha value is -6.33. The summed E-state index contributed by atoms with van der Waals surface area (Å²) in [6, 6.07) is 53.1. The van der Waals surface area contributed by atoms with E-state index in [1.807, 2.05) is 60.7 Å². The van der Waals surface area contributed by atoms with Crippen molar-refractivity contribution in [2.75, 3.05) is 10.2 Å². The number of carbonyl (C=O) groups is 1. The first-order valence-electron chi connectivity index (χ1n) is 16.2. The van der Waals surface area contributed by atoms with Crippen LogP contribution < -0.4 is 10.2 Å². The number of aryl methyl sites for hydroxylation is 2. The fourth-order valence-corrected chi connectivity index (χ4v) is 6.52. The molecule has 0 aliphatic rings. The summed E-state index contributed by atoms with van der Waals surface area (Å²) in [7, 11) is 0. The van der Waals surface area contributed by atoms with Crippen molar-refractivity contribution in [3.05, 3.63) is 174 Å². The highest BCUT2D eigenvalue weighted by Crippen LogP contribution is 2.36. The molecule has 0 aliphatic carbocycles. The molecular formula is C43H33N3O2. The Labute approximate surface area is 278 Å². The third kappa shape index (κ3) is 5.63. The summed E-state index contributed by atoms with van der Waals surface area (Å²) in [4.78, 5) is 19.0. The summed E-state index contributed by atoms with van der Waals surface area (Å²) in [5.41, 5.74) is 8.69. The Balaban J connectivity index is 0.938. The van der Waals surface area contributed by atoms with E-state index in [2.05, 4.69) is 100 Å². The maximum absolute atomic E-state index is 13.3. The molecular weight excluding hydrogens is 590 g/mol. The van der Waals surface area contributed by atoms with Crippen LogP contribution in [0.5, 0.6) is 5.75 Å². The second kappa shape index (κ2) is 12.5. The zero-order valence-corrected chi connectivity index (χ0v) is 26.2. The maximum Gasteiger partial charge on any atom is 0.259 e. The van der Waals surface area contributed by atoms with E-state index in [-0.39, 0.29) is 17.2 Å². The van der Waals surface area contributed by atoms with E-state index >= 15 is 0 Å². The van der Waals surface area contributed by atoms with Crippen LogP contribution in [0, 0.1) is 0 Å². The minimum absolute atomic E-state index is 0.0514. The average molecular weight is 624 g/mol. The van der Waals surface area contributed by atoms with Gasteiger partial charge in [0.2, 0.25) is 0 Å². The van der Waals surface area contributed by atoms with E-state index in [0.717, 1.165) is 62.5 Å². The molecule has 8 rings (SSSR count). The number of fused-ring (bicyclic) bond motifs is 5. The third-order valence-electron chi connectivity index (χ3n) is 9.00. The van der Waals surface area contributed by atoms with Crippen molar-refractivity contribution in [3.63, 3.8) is 0 Å². The van der Waals surface area contributed by atoms with Crippen LogP contribution in [0.1, 0.15) is 21.5 Å². The number of hydrogen-bond acceptors (Lipinski definition) is 3. The Kier molecular flexibility index (Phi) is 7.55. The third-order valence-corrected chi connectivity index (χ3v) is 9.00.